The molecule has 0 radical (unpaired) electrons. The van der Waals surface area contributed by atoms with E-state index in [-0.39, 0.29) is 17.2 Å². The first-order valence-electron chi connectivity index (χ1n) is 7.80. The number of aromatic nitrogens is 1. The van der Waals surface area contributed by atoms with E-state index in [2.05, 4.69) is 25.9 Å². The van der Waals surface area contributed by atoms with Crippen LogP contribution in [0.4, 0.5) is 0 Å². The van der Waals surface area contributed by atoms with Crippen LogP contribution < -0.4 is 0 Å². The highest BCUT2D eigenvalue weighted by atomic mass is 16.5. The van der Waals surface area contributed by atoms with Crippen LogP contribution >= 0.6 is 0 Å². The fourth-order valence-corrected chi connectivity index (χ4v) is 2.34. The predicted molar refractivity (Wildman–Crippen MR) is 86.9 cm³/mol. The minimum absolute atomic E-state index is 0.0530. The van der Waals surface area contributed by atoms with Gasteiger partial charge in [-0.3, -0.25) is 0 Å². The number of allylic oxidation sites excluding steroid dienone is 1. The number of hydrogen-bond acceptors (Lipinski definition) is 6. The molecule has 0 spiro atoms. The average Bonchev–Trinajstić information content (AvgIpc) is 2.90. The maximum Gasteiger partial charge on any atom is 0.360 e. The summed E-state index contributed by atoms with van der Waals surface area (Å²) in [6, 6.07) is 0. The van der Waals surface area contributed by atoms with Crippen LogP contribution in [0.5, 0.6) is 0 Å². The molecule has 1 N–H and O–H groups in total. The Morgan fingerprint density at radius 1 is 1.43 bits per heavy atom. The summed E-state index contributed by atoms with van der Waals surface area (Å²) >= 11 is 0. The van der Waals surface area contributed by atoms with Crippen molar-refractivity contribution in [3.05, 3.63) is 23.1 Å². The number of rotatable bonds is 3. The van der Waals surface area contributed by atoms with E-state index in [4.69, 9.17) is 19.1 Å². The molecule has 130 valence electrons. The van der Waals surface area contributed by atoms with Crippen molar-refractivity contribution in [1.82, 2.24) is 5.16 Å². The minimum Gasteiger partial charge on any atom is -0.486 e. The van der Waals surface area contributed by atoms with E-state index < -0.39 is 5.97 Å². The Balaban J connectivity index is 0.00000127. The first-order valence-corrected chi connectivity index (χ1v) is 7.80. The number of aliphatic hydroxyl groups excluding tert-OH is 1. The topological polar surface area (TPSA) is 81.8 Å². The van der Waals surface area contributed by atoms with E-state index in [9.17, 15) is 4.79 Å². The summed E-state index contributed by atoms with van der Waals surface area (Å²) in [5.74, 6) is 0.725. The van der Waals surface area contributed by atoms with Gasteiger partial charge in [-0.25, -0.2) is 4.79 Å². The Labute approximate surface area is 137 Å². The standard InChI is InChI=1S/C16H23NO4.CH4O/c1-6-19-15(18)13-10(2)14(21-17-13)11-8-7-9-12(20-11)16(3,4)5;1-2/h8,12H,6-7,9H2,1-5H3;2H,1H3. The number of esters is 1. The molecule has 1 aromatic heterocycles. The maximum atomic E-state index is 11.8. The van der Waals surface area contributed by atoms with Gasteiger partial charge in [0.15, 0.2) is 11.5 Å². The highest BCUT2D eigenvalue weighted by Gasteiger charge is 2.32. The van der Waals surface area contributed by atoms with Gasteiger partial charge in [0.25, 0.3) is 0 Å². The lowest BCUT2D eigenvalue weighted by molar-refractivity contribution is 0.0438. The van der Waals surface area contributed by atoms with Crippen molar-refractivity contribution in [3.8, 4) is 0 Å². The zero-order chi connectivity index (χ0) is 17.6. The molecule has 0 saturated carbocycles. The van der Waals surface area contributed by atoms with Gasteiger partial charge in [-0.15, -0.1) is 0 Å². The minimum atomic E-state index is -0.464. The molecular weight excluding hydrogens is 298 g/mol. The van der Waals surface area contributed by atoms with E-state index in [1.54, 1.807) is 13.8 Å². The second-order valence-electron chi connectivity index (χ2n) is 6.32. The lowest BCUT2D eigenvalue weighted by Crippen LogP contribution is -2.30. The third-order valence-electron chi connectivity index (χ3n) is 3.61. The molecule has 0 aliphatic carbocycles. The maximum absolute atomic E-state index is 11.8. The molecule has 2 heterocycles. The van der Waals surface area contributed by atoms with Gasteiger partial charge < -0.3 is 19.1 Å². The fourth-order valence-electron chi connectivity index (χ4n) is 2.34. The Bertz CT molecular complexity index is 554. The van der Waals surface area contributed by atoms with Crippen molar-refractivity contribution in [2.24, 2.45) is 5.41 Å². The van der Waals surface area contributed by atoms with Crippen LogP contribution in [0, 0.1) is 12.3 Å². The van der Waals surface area contributed by atoms with E-state index in [0.29, 0.717) is 23.7 Å². The fraction of sp³-hybridized carbons (Fsp3) is 0.647. The zero-order valence-electron chi connectivity index (χ0n) is 14.8. The van der Waals surface area contributed by atoms with Gasteiger partial charge in [-0.05, 0) is 38.2 Å². The van der Waals surface area contributed by atoms with Crippen molar-refractivity contribution in [2.75, 3.05) is 13.7 Å². The van der Waals surface area contributed by atoms with Gasteiger partial charge in [-0.2, -0.15) is 0 Å². The molecule has 1 aliphatic rings. The van der Waals surface area contributed by atoms with Crippen molar-refractivity contribution in [2.45, 2.75) is 53.6 Å². The molecule has 1 unspecified atom stereocenters. The molecule has 23 heavy (non-hydrogen) atoms. The molecule has 6 nitrogen and oxygen atoms in total. The first kappa shape index (κ1) is 19.2. The van der Waals surface area contributed by atoms with Gasteiger partial charge in [-0.1, -0.05) is 25.9 Å². The second kappa shape index (κ2) is 8.15. The number of nitrogens with zero attached hydrogens (tertiary/aromatic N) is 1. The van der Waals surface area contributed by atoms with Crippen LogP contribution in [0.3, 0.4) is 0 Å². The molecule has 6 heteroatoms. The van der Waals surface area contributed by atoms with Gasteiger partial charge in [0.05, 0.1) is 6.61 Å². The number of carbonyl (C=O) groups excluding carboxylic acids is 1. The summed E-state index contributed by atoms with van der Waals surface area (Å²) < 4.78 is 16.3. The molecule has 0 bridgehead atoms. The van der Waals surface area contributed by atoms with Crippen LogP contribution in [-0.2, 0) is 9.47 Å². The number of ether oxygens (including phenoxy) is 2. The number of hydrogen-bond donors (Lipinski definition) is 1. The summed E-state index contributed by atoms with van der Waals surface area (Å²) in [5, 5.41) is 10.8. The van der Waals surface area contributed by atoms with E-state index in [1.807, 2.05) is 6.08 Å². The normalized spacial score (nSPS) is 17.5. The quantitative estimate of drug-likeness (QED) is 0.858. The molecule has 0 amide bonds. The van der Waals surface area contributed by atoms with Gasteiger partial charge >= 0.3 is 5.97 Å². The summed E-state index contributed by atoms with van der Waals surface area (Å²) in [5.41, 5.74) is 0.931. The Morgan fingerprint density at radius 2 is 2.09 bits per heavy atom. The molecule has 1 aliphatic heterocycles. The molecule has 1 atom stereocenters. The van der Waals surface area contributed by atoms with Crippen LogP contribution in [0.25, 0.3) is 5.76 Å². The monoisotopic (exact) mass is 325 g/mol. The molecule has 1 aromatic rings. The van der Waals surface area contributed by atoms with Crippen LogP contribution in [0.15, 0.2) is 10.6 Å². The van der Waals surface area contributed by atoms with Crippen LogP contribution in [-0.4, -0.2) is 36.1 Å². The largest absolute Gasteiger partial charge is 0.486 e. The van der Waals surface area contributed by atoms with Crippen molar-refractivity contribution < 1.29 is 23.9 Å². The van der Waals surface area contributed by atoms with E-state index in [1.165, 1.54) is 0 Å². The molecule has 0 aromatic carbocycles. The third kappa shape index (κ3) is 4.58. The SMILES string of the molecule is CCOC(=O)c1noc(C2=CCCC(C(C)(C)C)O2)c1C.CO. The van der Waals surface area contributed by atoms with Crippen molar-refractivity contribution in [3.63, 3.8) is 0 Å². The predicted octanol–water partition coefficient (Wildman–Crippen LogP) is 3.33. The lowest BCUT2D eigenvalue weighted by Gasteiger charge is -2.34. The Morgan fingerprint density at radius 3 is 2.65 bits per heavy atom. The van der Waals surface area contributed by atoms with Crippen molar-refractivity contribution >= 4 is 11.7 Å². The van der Waals surface area contributed by atoms with Crippen molar-refractivity contribution in [1.29, 1.82) is 0 Å². The second-order valence-corrected chi connectivity index (χ2v) is 6.32. The highest BCUT2D eigenvalue weighted by Crippen LogP contribution is 2.36. The average molecular weight is 325 g/mol. The summed E-state index contributed by atoms with van der Waals surface area (Å²) in [6.07, 6.45) is 4.01. The zero-order valence-corrected chi connectivity index (χ0v) is 14.8. The van der Waals surface area contributed by atoms with Crippen LogP contribution in [0.2, 0.25) is 0 Å². The summed E-state index contributed by atoms with van der Waals surface area (Å²) in [4.78, 5) is 11.8. The van der Waals surface area contributed by atoms with E-state index in [0.717, 1.165) is 20.0 Å². The van der Waals surface area contributed by atoms with Gasteiger partial charge in [0.2, 0.25) is 5.76 Å². The third-order valence-corrected chi connectivity index (χ3v) is 3.61. The van der Waals surface area contributed by atoms with Gasteiger partial charge in [0, 0.05) is 12.7 Å². The first-order chi connectivity index (χ1) is 10.8. The summed E-state index contributed by atoms with van der Waals surface area (Å²) in [6.45, 7) is 10.3. The molecule has 2 rings (SSSR count). The van der Waals surface area contributed by atoms with Gasteiger partial charge in [0.1, 0.15) is 6.10 Å². The Kier molecular flexibility index (Phi) is 6.81. The molecule has 0 saturated heterocycles. The smallest absolute Gasteiger partial charge is 0.360 e. The summed E-state index contributed by atoms with van der Waals surface area (Å²) in [7, 11) is 1.00. The van der Waals surface area contributed by atoms with E-state index >= 15 is 0 Å². The lowest BCUT2D eigenvalue weighted by atomic mass is 9.85. The number of aliphatic hydroxyl groups is 1. The highest BCUT2D eigenvalue weighted by molar-refractivity contribution is 5.89. The molecular formula is C17H27NO5. The van der Waals surface area contributed by atoms with Crippen LogP contribution in [0.1, 0.15) is 62.3 Å². The number of carbonyl (C=O) groups is 1. The Hall–Kier alpha value is -1.82. The molecule has 0 fully saturated rings.